The molecule has 1 aromatic rings. The lowest BCUT2D eigenvalue weighted by Gasteiger charge is -2.59. The van der Waals surface area contributed by atoms with Crippen molar-refractivity contribution in [2.24, 2.45) is 21.7 Å². The zero-order valence-electron chi connectivity index (χ0n) is 40.0. The lowest BCUT2D eigenvalue weighted by atomic mass is 9.58. The van der Waals surface area contributed by atoms with Gasteiger partial charge in [0.1, 0.15) is 23.4 Å². The van der Waals surface area contributed by atoms with E-state index in [4.69, 9.17) is 18.9 Å². The molecule has 62 heavy (non-hydrogen) atoms. The van der Waals surface area contributed by atoms with E-state index in [1.54, 1.807) is 12.0 Å². The SMILES string of the molecule is COCCOCCOCCOc1ccc(C[C@H]2CN(CC(=O)O)CCN(C(C(=O)O)(C(C)(C)C)C(C)(C)C)CCN(C(C(=O)O)(C(C)(C)C)C(C)(C)C)CCN2CC(=O)O)cc1. The van der Waals surface area contributed by atoms with Crippen molar-refractivity contribution in [3.8, 4) is 5.75 Å². The summed E-state index contributed by atoms with van der Waals surface area (Å²) in [6, 6.07) is 6.91. The van der Waals surface area contributed by atoms with Gasteiger partial charge in [0, 0.05) is 59.0 Å². The maximum Gasteiger partial charge on any atom is 0.325 e. The molecular weight excluding hydrogens is 801 g/mol. The fraction of sp³-hybridized carbons (Fsp3) is 0.783. The van der Waals surface area contributed by atoms with Crippen molar-refractivity contribution >= 4 is 23.9 Å². The molecule has 1 aromatic carbocycles. The fourth-order valence-corrected chi connectivity index (χ4v) is 10.6. The first-order chi connectivity index (χ1) is 28.6. The van der Waals surface area contributed by atoms with Crippen LogP contribution in [-0.2, 0) is 39.8 Å². The average Bonchev–Trinajstić information content (AvgIpc) is 3.10. The highest BCUT2D eigenvalue weighted by Crippen LogP contribution is 2.51. The van der Waals surface area contributed by atoms with Crippen LogP contribution in [0, 0.1) is 21.7 Å². The van der Waals surface area contributed by atoms with Crippen LogP contribution in [0.3, 0.4) is 0 Å². The largest absolute Gasteiger partial charge is 0.491 e. The normalized spacial score (nSPS) is 18.2. The molecule has 0 saturated carbocycles. The number of hydrogen-bond acceptors (Lipinski definition) is 12. The monoisotopic (exact) mass is 881 g/mol. The van der Waals surface area contributed by atoms with Gasteiger partial charge in [0.15, 0.2) is 0 Å². The van der Waals surface area contributed by atoms with Gasteiger partial charge < -0.3 is 39.4 Å². The minimum Gasteiger partial charge on any atom is -0.491 e. The van der Waals surface area contributed by atoms with Crippen LogP contribution in [0.5, 0.6) is 5.75 Å². The number of hydrogen-bond donors (Lipinski definition) is 4. The smallest absolute Gasteiger partial charge is 0.325 e. The maximum absolute atomic E-state index is 13.9. The number of methoxy groups -OCH3 is 1. The number of aliphatic carboxylic acids is 4. The van der Waals surface area contributed by atoms with Gasteiger partial charge in [-0.25, -0.2) is 0 Å². The minimum atomic E-state index is -1.50. The number of benzene rings is 1. The number of nitrogens with zero attached hydrogens (tertiary/aromatic N) is 4. The summed E-state index contributed by atoms with van der Waals surface area (Å²) in [5, 5.41) is 43.2. The van der Waals surface area contributed by atoms with Crippen LogP contribution in [0.25, 0.3) is 0 Å². The van der Waals surface area contributed by atoms with Crippen molar-refractivity contribution in [1.82, 2.24) is 19.6 Å². The molecule has 0 bridgehead atoms. The summed E-state index contributed by atoms with van der Waals surface area (Å²) >= 11 is 0. The van der Waals surface area contributed by atoms with Crippen molar-refractivity contribution < 1.29 is 58.6 Å². The molecule has 1 fully saturated rings. The van der Waals surface area contributed by atoms with E-state index in [1.165, 1.54) is 0 Å². The summed E-state index contributed by atoms with van der Waals surface area (Å²) in [7, 11) is 1.61. The van der Waals surface area contributed by atoms with Gasteiger partial charge in [-0.3, -0.25) is 38.8 Å². The lowest BCUT2D eigenvalue weighted by molar-refractivity contribution is -0.184. The molecule has 0 unspecified atom stereocenters. The summed E-state index contributed by atoms with van der Waals surface area (Å²) < 4.78 is 21.9. The molecular formula is C46H80N4O12. The summed E-state index contributed by atoms with van der Waals surface area (Å²) in [5.74, 6) is -3.57. The first-order valence-corrected chi connectivity index (χ1v) is 21.8. The Balaban J connectivity index is 2.74. The molecule has 1 heterocycles. The second kappa shape index (κ2) is 23.0. The Morgan fingerprint density at radius 1 is 0.565 bits per heavy atom. The lowest BCUT2D eigenvalue weighted by Crippen LogP contribution is -2.73. The van der Waals surface area contributed by atoms with Gasteiger partial charge in [0.05, 0.1) is 46.1 Å². The predicted octanol–water partition coefficient (Wildman–Crippen LogP) is 4.88. The van der Waals surface area contributed by atoms with Crippen molar-refractivity contribution in [3.05, 3.63) is 29.8 Å². The third kappa shape index (κ3) is 13.8. The Kier molecular flexibility index (Phi) is 20.3. The molecule has 16 nitrogen and oxygen atoms in total. The van der Waals surface area contributed by atoms with E-state index in [9.17, 15) is 39.6 Å². The average molecular weight is 881 g/mol. The molecule has 1 saturated heterocycles. The maximum atomic E-state index is 13.9. The highest BCUT2D eigenvalue weighted by atomic mass is 16.6. The molecule has 16 heteroatoms. The number of carboxylic acids is 4. The molecule has 4 N–H and O–H groups in total. The Morgan fingerprint density at radius 3 is 1.37 bits per heavy atom. The number of ether oxygens (including phenoxy) is 4. The van der Waals surface area contributed by atoms with Crippen LogP contribution in [0.4, 0.5) is 0 Å². The van der Waals surface area contributed by atoms with Gasteiger partial charge in [0.2, 0.25) is 0 Å². The van der Waals surface area contributed by atoms with Crippen LogP contribution in [-0.4, -0.2) is 187 Å². The van der Waals surface area contributed by atoms with Gasteiger partial charge in [-0.15, -0.1) is 0 Å². The molecule has 0 aromatic heterocycles. The van der Waals surface area contributed by atoms with Crippen LogP contribution >= 0.6 is 0 Å². The van der Waals surface area contributed by atoms with E-state index < -0.39 is 62.7 Å². The Hall–Kier alpha value is -3.38. The zero-order chi connectivity index (χ0) is 47.3. The molecule has 0 amide bonds. The molecule has 1 aliphatic rings. The summed E-state index contributed by atoms with van der Waals surface area (Å²) in [4.78, 5) is 60.3. The van der Waals surface area contributed by atoms with Gasteiger partial charge in [0.25, 0.3) is 0 Å². The van der Waals surface area contributed by atoms with Gasteiger partial charge in [-0.1, -0.05) is 95.2 Å². The van der Waals surface area contributed by atoms with Crippen LogP contribution in [0.15, 0.2) is 24.3 Å². The molecule has 1 atom stereocenters. The van der Waals surface area contributed by atoms with Crippen LogP contribution in [0.1, 0.15) is 88.6 Å². The van der Waals surface area contributed by atoms with E-state index in [1.807, 2.05) is 122 Å². The summed E-state index contributed by atoms with van der Waals surface area (Å²) in [6.07, 6.45) is 0.339. The Bertz CT molecular complexity index is 1550. The molecule has 0 radical (unpaired) electrons. The van der Waals surface area contributed by atoms with Gasteiger partial charge >= 0.3 is 23.9 Å². The van der Waals surface area contributed by atoms with E-state index in [2.05, 4.69) is 0 Å². The van der Waals surface area contributed by atoms with E-state index >= 15 is 0 Å². The summed E-state index contributed by atoms with van der Waals surface area (Å²) in [6.45, 7) is 25.6. The van der Waals surface area contributed by atoms with E-state index in [0.717, 1.165) is 5.56 Å². The minimum absolute atomic E-state index is 0.136. The fourth-order valence-electron chi connectivity index (χ4n) is 10.6. The van der Waals surface area contributed by atoms with E-state index in [-0.39, 0.29) is 58.9 Å². The quantitative estimate of drug-likeness (QED) is 0.129. The molecule has 356 valence electrons. The van der Waals surface area contributed by atoms with Crippen molar-refractivity contribution in [2.75, 3.05) is 106 Å². The summed E-state index contributed by atoms with van der Waals surface area (Å²) in [5.41, 5.74) is -5.49. The zero-order valence-corrected chi connectivity index (χ0v) is 40.0. The standard InChI is InChI=1S/C46H80N4O12/c1-41(2,3)45(39(55)56,42(4,5)6)49-20-18-47(32-37(51)52)31-35(30-34-14-16-36(17-15-34)62-29-28-61-27-26-60-25-24-59-13)48(33-38(53)54)19-21-50(23-22-49)46(40(57)58,43(7,8)9)44(10,11)12/h14-17,35H,18-33H2,1-13H3,(H,51,52)(H,53,54)(H,55,56)(H,57,58)/t35-/m0/s1. The van der Waals surface area contributed by atoms with Crippen LogP contribution < -0.4 is 4.74 Å². The van der Waals surface area contributed by atoms with Gasteiger partial charge in [-0.05, 0) is 45.8 Å². The highest BCUT2D eigenvalue weighted by Gasteiger charge is 2.63. The first-order valence-electron chi connectivity index (χ1n) is 21.8. The van der Waals surface area contributed by atoms with Crippen LogP contribution in [0.2, 0.25) is 0 Å². The molecule has 0 aliphatic carbocycles. The first kappa shape index (κ1) is 54.8. The molecule has 0 spiro atoms. The topological polar surface area (TPSA) is 199 Å². The molecule has 1 aliphatic heterocycles. The highest BCUT2D eigenvalue weighted by molar-refractivity contribution is 5.82. The Labute approximate surface area is 370 Å². The third-order valence-electron chi connectivity index (χ3n) is 12.3. The van der Waals surface area contributed by atoms with E-state index in [0.29, 0.717) is 51.8 Å². The molecule has 2 rings (SSSR count). The Morgan fingerprint density at radius 2 is 0.968 bits per heavy atom. The third-order valence-corrected chi connectivity index (χ3v) is 12.3. The van der Waals surface area contributed by atoms with Crippen molar-refractivity contribution in [3.63, 3.8) is 0 Å². The van der Waals surface area contributed by atoms with Gasteiger partial charge in [-0.2, -0.15) is 0 Å². The van der Waals surface area contributed by atoms with Crippen molar-refractivity contribution in [1.29, 1.82) is 0 Å². The number of carboxylic acid groups (broad SMARTS) is 4. The second-order valence-corrected chi connectivity index (χ2v) is 20.6. The second-order valence-electron chi connectivity index (χ2n) is 20.6. The number of carbonyl (C=O) groups is 4. The van der Waals surface area contributed by atoms with Crippen molar-refractivity contribution in [2.45, 2.75) is 107 Å². The predicted molar refractivity (Wildman–Crippen MR) is 238 cm³/mol. The number of rotatable bonds is 20.